The molecule has 8 rings (SSSR count). The molecule has 0 N–H and O–H groups in total. The van der Waals surface area contributed by atoms with Crippen LogP contribution in [-0.2, 0) is 0 Å². The fourth-order valence-electron chi connectivity index (χ4n) is 6.11. The minimum atomic E-state index is 1.18. The van der Waals surface area contributed by atoms with Crippen LogP contribution in [0.3, 0.4) is 0 Å². The largest absolute Gasteiger partial charge is 0.309 e. The van der Waals surface area contributed by atoms with E-state index < -0.39 is 0 Å². The number of benzene rings is 6. The molecule has 2 aromatic heterocycles. The Morgan fingerprint density at radius 2 is 0.868 bits per heavy atom. The van der Waals surface area contributed by atoms with E-state index in [1.165, 1.54) is 66.1 Å². The molecule has 2 heterocycles. The van der Waals surface area contributed by atoms with Crippen LogP contribution >= 0.6 is 0 Å². The summed E-state index contributed by atoms with van der Waals surface area (Å²) < 4.78 is 4.75. The first-order valence-electron chi connectivity index (χ1n) is 13.0. The van der Waals surface area contributed by atoms with Crippen molar-refractivity contribution in [3.63, 3.8) is 0 Å². The van der Waals surface area contributed by atoms with E-state index in [1.807, 2.05) is 0 Å². The van der Waals surface area contributed by atoms with Gasteiger partial charge in [-0.3, -0.25) is 0 Å². The summed E-state index contributed by atoms with van der Waals surface area (Å²) in [6, 6.07) is 52.4. The summed E-state index contributed by atoms with van der Waals surface area (Å²) in [5.74, 6) is 0. The van der Waals surface area contributed by atoms with Gasteiger partial charge in [-0.25, -0.2) is 0 Å². The maximum absolute atomic E-state index is 2.38. The summed E-state index contributed by atoms with van der Waals surface area (Å²) in [7, 11) is 0. The smallest absolute Gasteiger partial charge is 0.0547 e. The van der Waals surface area contributed by atoms with Crippen molar-refractivity contribution in [2.75, 3.05) is 0 Å². The van der Waals surface area contributed by atoms with E-state index in [2.05, 4.69) is 155 Å². The number of hydrogen-bond donors (Lipinski definition) is 0. The van der Waals surface area contributed by atoms with E-state index in [1.54, 1.807) is 0 Å². The van der Waals surface area contributed by atoms with E-state index in [4.69, 9.17) is 0 Å². The van der Waals surface area contributed by atoms with Crippen molar-refractivity contribution in [1.29, 1.82) is 0 Å². The summed E-state index contributed by atoms with van der Waals surface area (Å²) in [6.07, 6.45) is 0. The van der Waals surface area contributed by atoms with Crippen LogP contribution in [0.2, 0.25) is 0 Å². The van der Waals surface area contributed by atoms with E-state index in [0.717, 1.165) is 0 Å². The molecule has 0 aliphatic carbocycles. The normalized spacial score (nSPS) is 11.7. The molecule has 0 radical (unpaired) electrons. The van der Waals surface area contributed by atoms with Crippen LogP contribution in [0.25, 0.3) is 66.1 Å². The van der Waals surface area contributed by atoms with Gasteiger partial charge in [-0.1, -0.05) is 91.0 Å². The molecule has 38 heavy (non-hydrogen) atoms. The van der Waals surface area contributed by atoms with Gasteiger partial charge in [0.25, 0.3) is 0 Å². The van der Waals surface area contributed by atoms with E-state index in [0.29, 0.717) is 0 Å². The molecular formula is C36H24N2. The Bertz CT molecular complexity index is 2110. The van der Waals surface area contributed by atoms with Gasteiger partial charge in [0.05, 0.1) is 22.1 Å². The molecule has 0 saturated carbocycles. The molecular weight excluding hydrogens is 460 g/mol. The maximum atomic E-state index is 2.38. The molecule has 6 aromatic carbocycles. The second kappa shape index (κ2) is 8.22. The third-order valence-electron chi connectivity index (χ3n) is 7.71. The van der Waals surface area contributed by atoms with Gasteiger partial charge in [-0.05, 0) is 65.7 Å². The highest BCUT2D eigenvalue weighted by Gasteiger charge is 2.17. The third kappa shape index (κ3) is 3.01. The number of rotatable bonds is 3. The minimum Gasteiger partial charge on any atom is -0.309 e. The molecule has 0 aliphatic rings. The fourth-order valence-corrected chi connectivity index (χ4v) is 6.11. The first-order valence-corrected chi connectivity index (χ1v) is 13.0. The molecule has 0 amide bonds. The molecule has 2 nitrogen and oxygen atoms in total. The van der Waals surface area contributed by atoms with Crippen LogP contribution in [0.4, 0.5) is 0 Å². The second-order valence-corrected chi connectivity index (χ2v) is 9.81. The zero-order valence-electron chi connectivity index (χ0n) is 20.8. The third-order valence-corrected chi connectivity index (χ3v) is 7.71. The van der Waals surface area contributed by atoms with E-state index in [9.17, 15) is 0 Å². The quantitative estimate of drug-likeness (QED) is 0.236. The van der Waals surface area contributed by atoms with E-state index >= 15 is 0 Å². The summed E-state index contributed by atoms with van der Waals surface area (Å²) >= 11 is 0. The molecule has 0 bridgehead atoms. The Balaban J connectivity index is 1.44. The highest BCUT2D eigenvalue weighted by atomic mass is 15.0. The number of aromatic nitrogens is 2. The number of fused-ring (bicyclic) bond motifs is 6. The highest BCUT2D eigenvalue weighted by Crippen LogP contribution is 2.40. The molecule has 2 heteroatoms. The van der Waals surface area contributed by atoms with Gasteiger partial charge in [-0.2, -0.15) is 0 Å². The maximum Gasteiger partial charge on any atom is 0.0547 e. The Labute approximate surface area is 220 Å². The molecule has 0 fully saturated rings. The molecule has 0 aliphatic heterocycles. The van der Waals surface area contributed by atoms with Gasteiger partial charge in [0.2, 0.25) is 0 Å². The zero-order valence-corrected chi connectivity index (χ0v) is 20.8. The molecule has 0 saturated heterocycles. The van der Waals surface area contributed by atoms with Crippen LogP contribution < -0.4 is 0 Å². The first kappa shape index (κ1) is 21.0. The summed E-state index contributed by atoms with van der Waals surface area (Å²) in [6.45, 7) is 0. The van der Waals surface area contributed by atoms with Crippen molar-refractivity contribution in [2.45, 2.75) is 0 Å². The molecule has 8 aromatic rings. The number of para-hydroxylation sites is 4. The molecule has 178 valence electrons. The summed E-state index contributed by atoms with van der Waals surface area (Å²) in [4.78, 5) is 0. The highest BCUT2D eigenvalue weighted by molar-refractivity contribution is 6.17. The van der Waals surface area contributed by atoms with Crippen molar-refractivity contribution in [2.24, 2.45) is 0 Å². The van der Waals surface area contributed by atoms with Crippen LogP contribution in [0.15, 0.2) is 146 Å². The van der Waals surface area contributed by atoms with Gasteiger partial charge in [0.1, 0.15) is 0 Å². The monoisotopic (exact) mass is 484 g/mol. The van der Waals surface area contributed by atoms with Crippen molar-refractivity contribution >= 4 is 43.6 Å². The molecule has 0 atom stereocenters. The van der Waals surface area contributed by atoms with Gasteiger partial charge >= 0.3 is 0 Å². The van der Waals surface area contributed by atoms with Gasteiger partial charge < -0.3 is 9.13 Å². The zero-order chi connectivity index (χ0) is 25.1. The lowest BCUT2D eigenvalue weighted by atomic mass is 9.98. The minimum absolute atomic E-state index is 1.18. The average molecular weight is 485 g/mol. The van der Waals surface area contributed by atoms with Gasteiger partial charge in [0, 0.05) is 32.9 Å². The first-order chi connectivity index (χ1) is 18.9. The van der Waals surface area contributed by atoms with Crippen molar-refractivity contribution < 1.29 is 0 Å². The fraction of sp³-hybridized carbons (Fsp3) is 0. The average Bonchev–Trinajstić information content (AvgIpc) is 3.51. The van der Waals surface area contributed by atoms with Gasteiger partial charge in [-0.15, -0.1) is 0 Å². The lowest BCUT2D eigenvalue weighted by molar-refractivity contribution is 1.18. The standard InChI is InChI=1S/C36H24N2/c1-3-12-26(13-4-1)37-32-19-9-7-16-29(32)31-24-25(22-23-34(31)37)28-18-11-21-35-36(28)30-17-8-10-20-33(30)38(35)27-14-5-2-6-15-27/h1-24H. The summed E-state index contributed by atoms with van der Waals surface area (Å²) in [5, 5.41) is 5.10. The van der Waals surface area contributed by atoms with Crippen molar-refractivity contribution in [3.05, 3.63) is 146 Å². The Hall–Kier alpha value is -5.08. The van der Waals surface area contributed by atoms with Crippen LogP contribution in [0.5, 0.6) is 0 Å². The predicted octanol–water partition coefficient (Wildman–Crippen LogP) is 9.55. The number of nitrogens with zero attached hydrogens (tertiary/aromatic N) is 2. The lowest BCUT2D eigenvalue weighted by Crippen LogP contribution is -1.93. The molecule has 0 unspecified atom stereocenters. The van der Waals surface area contributed by atoms with Crippen molar-refractivity contribution in [3.8, 4) is 22.5 Å². The number of hydrogen-bond acceptors (Lipinski definition) is 0. The second-order valence-electron chi connectivity index (χ2n) is 9.81. The Kier molecular flexibility index (Phi) is 4.55. The van der Waals surface area contributed by atoms with Crippen LogP contribution in [0, 0.1) is 0 Å². The van der Waals surface area contributed by atoms with Crippen molar-refractivity contribution in [1.82, 2.24) is 9.13 Å². The van der Waals surface area contributed by atoms with Gasteiger partial charge in [0.15, 0.2) is 0 Å². The van der Waals surface area contributed by atoms with E-state index in [-0.39, 0.29) is 0 Å². The van der Waals surface area contributed by atoms with Crippen LogP contribution in [0.1, 0.15) is 0 Å². The Morgan fingerprint density at radius 1 is 0.342 bits per heavy atom. The summed E-state index contributed by atoms with van der Waals surface area (Å²) in [5.41, 5.74) is 9.74. The van der Waals surface area contributed by atoms with Crippen LogP contribution in [-0.4, -0.2) is 9.13 Å². The molecule has 0 spiro atoms. The lowest BCUT2D eigenvalue weighted by Gasteiger charge is -2.10. The predicted molar refractivity (Wildman–Crippen MR) is 161 cm³/mol. The SMILES string of the molecule is c1ccc(-n2c3ccccc3c3cc(-c4cccc5c4c4ccccc4n5-c4ccccc4)ccc32)cc1. The topological polar surface area (TPSA) is 9.86 Å². The Morgan fingerprint density at radius 3 is 1.58 bits per heavy atom.